The molecule has 0 spiro atoms. The van der Waals surface area contributed by atoms with Gasteiger partial charge in [-0.1, -0.05) is 12.1 Å². The molecule has 0 atom stereocenters. The van der Waals surface area contributed by atoms with Crippen LogP contribution in [0.3, 0.4) is 0 Å². The third kappa shape index (κ3) is 3.16. The molecule has 1 aromatic carbocycles. The summed E-state index contributed by atoms with van der Waals surface area (Å²) >= 11 is 1.45. The summed E-state index contributed by atoms with van der Waals surface area (Å²) in [6.07, 6.45) is 0. The number of nitrogens with one attached hydrogen (secondary N) is 1. The van der Waals surface area contributed by atoms with Crippen molar-refractivity contribution in [3.63, 3.8) is 0 Å². The lowest BCUT2D eigenvalue weighted by Gasteiger charge is -2.05. The molecule has 0 aliphatic heterocycles. The number of nitrogens with zero attached hydrogens (tertiary/aromatic N) is 1. The molecular weight excluding hydrogens is 268 g/mol. The van der Waals surface area contributed by atoms with Gasteiger partial charge in [-0.3, -0.25) is 0 Å². The minimum absolute atomic E-state index is 0.231. The number of hydrogen-bond donors (Lipinski definition) is 1. The third-order valence-corrected chi connectivity index (χ3v) is 4.75. The Morgan fingerprint density at radius 1 is 1.33 bits per heavy atom. The van der Waals surface area contributed by atoms with Gasteiger partial charge in [0, 0.05) is 11.1 Å². The zero-order valence-electron chi connectivity index (χ0n) is 10.2. The molecule has 4 nitrogen and oxygen atoms in total. The standard InChI is InChI=1S/C12H14N2O2S2/c1-9-4-3-5-11(6-9)18(15,16)13-7-12-14-10(2)8-17-12/h3-6,8,13H,7H2,1-2H3. The Morgan fingerprint density at radius 3 is 2.72 bits per heavy atom. The van der Waals surface area contributed by atoms with Gasteiger partial charge >= 0.3 is 0 Å². The molecule has 0 unspecified atom stereocenters. The van der Waals surface area contributed by atoms with E-state index in [1.165, 1.54) is 11.3 Å². The predicted molar refractivity (Wildman–Crippen MR) is 72.1 cm³/mol. The normalized spacial score (nSPS) is 11.7. The van der Waals surface area contributed by atoms with E-state index in [4.69, 9.17) is 0 Å². The van der Waals surface area contributed by atoms with Crippen LogP contribution in [0, 0.1) is 13.8 Å². The molecule has 2 aromatic rings. The molecule has 96 valence electrons. The van der Waals surface area contributed by atoms with Crippen LogP contribution in [-0.2, 0) is 16.6 Å². The van der Waals surface area contributed by atoms with Crippen LogP contribution in [0.15, 0.2) is 34.5 Å². The number of aromatic nitrogens is 1. The van der Waals surface area contributed by atoms with E-state index < -0.39 is 10.0 Å². The minimum atomic E-state index is -3.46. The monoisotopic (exact) mass is 282 g/mol. The molecular formula is C12H14N2O2S2. The summed E-state index contributed by atoms with van der Waals surface area (Å²) in [4.78, 5) is 4.50. The van der Waals surface area contributed by atoms with Crippen LogP contribution in [0.2, 0.25) is 0 Å². The van der Waals surface area contributed by atoms with Crippen molar-refractivity contribution in [1.29, 1.82) is 0 Å². The van der Waals surface area contributed by atoms with Crippen molar-refractivity contribution in [2.45, 2.75) is 25.3 Å². The molecule has 1 N–H and O–H groups in total. The van der Waals surface area contributed by atoms with Crippen LogP contribution in [0.25, 0.3) is 0 Å². The van der Waals surface area contributed by atoms with Crippen molar-refractivity contribution in [2.75, 3.05) is 0 Å². The SMILES string of the molecule is Cc1cccc(S(=O)(=O)NCc2nc(C)cs2)c1. The Labute approximate surface area is 111 Å². The summed E-state index contributed by atoms with van der Waals surface area (Å²) in [5.41, 5.74) is 1.83. The Kier molecular flexibility index (Phi) is 3.79. The summed E-state index contributed by atoms with van der Waals surface area (Å²) < 4.78 is 26.6. The molecule has 0 saturated heterocycles. The van der Waals surface area contributed by atoms with E-state index in [0.29, 0.717) is 0 Å². The number of thiazole rings is 1. The van der Waals surface area contributed by atoms with E-state index in [2.05, 4.69) is 9.71 Å². The molecule has 0 aliphatic carbocycles. The maximum Gasteiger partial charge on any atom is 0.240 e. The Morgan fingerprint density at radius 2 is 2.11 bits per heavy atom. The first-order valence-corrected chi connectivity index (χ1v) is 7.81. The molecule has 1 heterocycles. The minimum Gasteiger partial charge on any atom is -0.245 e. The summed E-state index contributed by atoms with van der Waals surface area (Å²) in [5.74, 6) is 0. The van der Waals surface area contributed by atoms with Gasteiger partial charge in [0.25, 0.3) is 0 Å². The van der Waals surface area contributed by atoms with Crippen molar-refractivity contribution in [3.05, 3.63) is 45.9 Å². The highest BCUT2D eigenvalue weighted by Gasteiger charge is 2.14. The highest BCUT2D eigenvalue weighted by Crippen LogP contribution is 2.13. The maximum atomic E-state index is 12.0. The number of benzene rings is 1. The number of rotatable bonds is 4. The van der Waals surface area contributed by atoms with Gasteiger partial charge in [-0.15, -0.1) is 11.3 Å². The average Bonchev–Trinajstić information content (AvgIpc) is 2.73. The van der Waals surface area contributed by atoms with Crippen molar-refractivity contribution in [3.8, 4) is 0 Å². The topological polar surface area (TPSA) is 59.1 Å². The molecule has 0 radical (unpaired) electrons. The third-order valence-electron chi connectivity index (χ3n) is 2.38. The van der Waals surface area contributed by atoms with E-state index >= 15 is 0 Å². The van der Waals surface area contributed by atoms with Crippen LogP contribution >= 0.6 is 11.3 Å². The first kappa shape index (κ1) is 13.2. The smallest absolute Gasteiger partial charge is 0.240 e. The van der Waals surface area contributed by atoms with Gasteiger partial charge in [0.05, 0.1) is 11.4 Å². The molecule has 0 aliphatic rings. The predicted octanol–water partition coefficient (Wildman–Crippen LogP) is 2.24. The van der Waals surface area contributed by atoms with Gasteiger partial charge in [0.15, 0.2) is 0 Å². The van der Waals surface area contributed by atoms with Crippen LogP contribution in [0.4, 0.5) is 0 Å². The van der Waals surface area contributed by atoms with Gasteiger partial charge < -0.3 is 0 Å². The zero-order chi connectivity index (χ0) is 13.2. The van der Waals surface area contributed by atoms with E-state index in [9.17, 15) is 8.42 Å². The second-order valence-corrected chi connectivity index (χ2v) is 6.73. The van der Waals surface area contributed by atoms with Crippen molar-refractivity contribution >= 4 is 21.4 Å². The van der Waals surface area contributed by atoms with Crippen molar-refractivity contribution in [2.24, 2.45) is 0 Å². The van der Waals surface area contributed by atoms with Crippen LogP contribution in [0.1, 0.15) is 16.3 Å². The highest BCUT2D eigenvalue weighted by atomic mass is 32.2. The molecule has 0 saturated carbocycles. The summed E-state index contributed by atoms with van der Waals surface area (Å²) in [7, 11) is -3.46. The second kappa shape index (κ2) is 5.17. The largest absolute Gasteiger partial charge is 0.245 e. The first-order valence-electron chi connectivity index (χ1n) is 5.45. The molecule has 18 heavy (non-hydrogen) atoms. The van der Waals surface area contributed by atoms with E-state index in [0.717, 1.165) is 16.3 Å². The molecule has 1 aromatic heterocycles. The first-order chi connectivity index (χ1) is 8.47. The number of hydrogen-bond acceptors (Lipinski definition) is 4. The van der Waals surface area contributed by atoms with Gasteiger partial charge in [-0.05, 0) is 31.5 Å². The average molecular weight is 282 g/mol. The lowest BCUT2D eigenvalue weighted by atomic mass is 10.2. The van der Waals surface area contributed by atoms with Crippen LogP contribution in [-0.4, -0.2) is 13.4 Å². The molecule has 0 bridgehead atoms. The molecule has 6 heteroatoms. The fraction of sp³-hybridized carbons (Fsp3) is 0.250. The van der Waals surface area contributed by atoms with Gasteiger partial charge in [-0.25, -0.2) is 18.1 Å². The quantitative estimate of drug-likeness (QED) is 0.935. The van der Waals surface area contributed by atoms with Gasteiger partial charge in [0.1, 0.15) is 5.01 Å². The van der Waals surface area contributed by atoms with Crippen molar-refractivity contribution < 1.29 is 8.42 Å². The van der Waals surface area contributed by atoms with Crippen molar-refractivity contribution in [1.82, 2.24) is 9.71 Å². The summed E-state index contributed by atoms with van der Waals surface area (Å²) in [5, 5.41) is 2.67. The summed E-state index contributed by atoms with van der Waals surface area (Å²) in [6.45, 7) is 3.98. The fourth-order valence-electron chi connectivity index (χ4n) is 1.51. The van der Waals surface area contributed by atoms with E-state index in [1.807, 2.05) is 25.3 Å². The van der Waals surface area contributed by atoms with Crippen LogP contribution < -0.4 is 4.72 Å². The zero-order valence-corrected chi connectivity index (χ0v) is 11.8. The second-order valence-electron chi connectivity index (χ2n) is 4.02. The Bertz CT molecular complexity index is 648. The van der Waals surface area contributed by atoms with Crippen LogP contribution in [0.5, 0.6) is 0 Å². The lowest BCUT2D eigenvalue weighted by molar-refractivity contribution is 0.581. The number of aryl methyl sites for hydroxylation is 2. The van der Waals surface area contributed by atoms with E-state index in [-0.39, 0.29) is 11.4 Å². The van der Waals surface area contributed by atoms with Gasteiger partial charge in [0.2, 0.25) is 10.0 Å². The molecule has 0 amide bonds. The fourth-order valence-corrected chi connectivity index (χ4v) is 3.40. The van der Waals surface area contributed by atoms with Gasteiger partial charge in [-0.2, -0.15) is 0 Å². The lowest BCUT2D eigenvalue weighted by Crippen LogP contribution is -2.23. The maximum absolute atomic E-state index is 12.0. The number of sulfonamides is 1. The summed E-state index contributed by atoms with van der Waals surface area (Å²) in [6, 6.07) is 6.83. The highest BCUT2D eigenvalue weighted by molar-refractivity contribution is 7.89. The Balaban J connectivity index is 2.13. The Hall–Kier alpha value is -1.24. The molecule has 2 rings (SSSR count). The van der Waals surface area contributed by atoms with E-state index in [1.54, 1.807) is 18.2 Å². The molecule has 0 fully saturated rings.